The van der Waals surface area contributed by atoms with Gasteiger partial charge in [0.1, 0.15) is 0 Å². The van der Waals surface area contributed by atoms with Crippen molar-refractivity contribution in [2.45, 2.75) is 45.1 Å². The maximum absolute atomic E-state index is 12.5. The Labute approximate surface area is 133 Å². The van der Waals surface area contributed by atoms with Gasteiger partial charge in [0, 0.05) is 23.2 Å². The minimum absolute atomic E-state index is 0.117. The van der Waals surface area contributed by atoms with Gasteiger partial charge in [-0.1, -0.05) is 25.3 Å². The van der Waals surface area contributed by atoms with Crippen LogP contribution in [0.25, 0.3) is 0 Å². The number of amides is 1. The van der Waals surface area contributed by atoms with E-state index in [-0.39, 0.29) is 16.8 Å². The predicted molar refractivity (Wildman–Crippen MR) is 83.3 cm³/mol. The number of benzene rings is 1. The first-order valence-electron chi connectivity index (χ1n) is 7.69. The summed E-state index contributed by atoms with van der Waals surface area (Å²) in [5.41, 5.74) is 0.386. The topological polar surface area (TPSA) is 110 Å². The standard InChI is InChI=1S/C16H20N2O5/c1-10-11(7-5-9-14(10)18(22)23)15(19)17-13-8-4-2-3-6-12(13)16(20)21/h5,7,9,12-13H,2-4,6,8H2,1H3,(H,17,19)(H,20,21). The number of nitrogens with one attached hydrogen (secondary N) is 1. The normalized spacial score (nSPS) is 21.3. The fourth-order valence-electron chi connectivity index (χ4n) is 3.09. The lowest BCUT2D eigenvalue weighted by Crippen LogP contribution is -2.43. The van der Waals surface area contributed by atoms with E-state index in [0.29, 0.717) is 12.8 Å². The Balaban J connectivity index is 2.22. The highest BCUT2D eigenvalue weighted by atomic mass is 16.6. The van der Waals surface area contributed by atoms with Crippen LogP contribution in [0.1, 0.15) is 48.0 Å². The predicted octanol–water partition coefficient (Wildman–Crippen LogP) is 2.67. The Morgan fingerprint density at radius 1 is 1.26 bits per heavy atom. The zero-order valence-electron chi connectivity index (χ0n) is 12.9. The highest BCUT2D eigenvalue weighted by Gasteiger charge is 2.31. The fourth-order valence-corrected chi connectivity index (χ4v) is 3.09. The molecule has 1 fully saturated rings. The Morgan fingerprint density at radius 2 is 1.96 bits per heavy atom. The number of carboxylic acids is 1. The number of nitrogens with zero attached hydrogens (tertiary/aromatic N) is 1. The number of rotatable bonds is 4. The van der Waals surface area contributed by atoms with Crippen LogP contribution in [-0.4, -0.2) is 27.9 Å². The number of aliphatic carboxylic acids is 1. The molecule has 0 radical (unpaired) electrons. The molecule has 0 aliphatic heterocycles. The number of carbonyl (C=O) groups is 2. The monoisotopic (exact) mass is 320 g/mol. The van der Waals surface area contributed by atoms with Crippen molar-refractivity contribution in [1.29, 1.82) is 0 Å². The van der Waals surface area contributed by atoms with Crippen molar-refractivity contribution in [3.05, 3.63) is 39.4 Å². The summed E-state index contributed by atoms with van der Waals surface area (Å²) in [4.78, 5) is 34.3. The van der Waals surface area contributed by atoms with Crippen molar-refractivity contribution in [3.63, 3.8) is 0 Å². The molecule has 0 saturated heterocycles. The molecule has 124 valence electrons. The van der Waals surface area contributed by atoms with Crippen molar-refractivity contribution in [2.75, 3.05) is 0 Å². The van der Waals surface area contributed by atoms with Crippen molar-refractivity contribution in [2.24, 2.45) is 5.92 Å². The minimum Gasteiger partial charge on any atom is -0.481 e. The smallest absolute Gasteiger partial charge is 0.308 e. The molecule has 2 atom stereocenters. The number of carboxylic acid groups (broad SMARTS) is 1. The molecule has 2 rings (SSSR count). The third kappa shape index (κ3) is 3.85. The summed E-state index contributed by atoms with van der Waals surface area (Å²) in [5, 5.41) is 23.1. The van der Waals surface area contributed by atoms with Crippen LogP contribution in [0, 0.1) is 23.0 Å². The van der Waals surface area contributed by atoms with E-state index < -0.39 is 28.8 Å². The Hall–Kier alpha value is -2.44. The lowest BCUT2D eigenvalue weighted by molar-refractivity contribution is -0.385. The molecule has 1 aliphatic rings. The van der Waals surface area contributed by atoms with Crippen LogP contribution in [0.5, 0.6) is 0 Å². The molecule has 0 bridgehead atoms. The van der Waals surface area contributed by atoms with Crippen molar-refractivity contribution < 1.29 is 19.6 Å². The number of nitro groups is 1. The van der Waals surface area contributed by atoms with Gasteiger partial charge in [-0.15, -0.1) is 0 Å². The van der Waals surface area contributed by atoms with Gasteiger partial charge in [0.25, 0.3) is 11.6 Å². The summed E-state index contributed by atoms with van der Waals surface area (Å²) < 4.78 is 0. The first kappa shape index (κ1) is 16.9. The molecule has 2 unspecified atom stereocenters. The summed E-state index contributed by atoms with van der Waals surface area (Å²) in [5.74, 6) is -1.97. The molecule has 0 aromatic heterocycles. The summed E-state index contributed by atoms with van der Waals surface area (Å²) >= 11 is 0. The number of hydrogen-bond donors (Lipinski definition) is 2. The van der Waals surface area contributed by atoms with E-state index in [1.807, 2.05) is 0 Å². The summed E-state index contributed by atoms with van der Waals surface area (Å²) in [7, 11) is 0. The molecule has 0 spiro atoms. The molecule has 0 heterocycles. The lowest BCUT2D eigenvalue weighted by Gasteiger charge is -2.23. The van der Waals surface area contributed by atoms with Gasteiger partial charge >= 0.3 is 5.97 Å². The van der Waals surface area contributed by atoms with Crippen LogP contribution in [0.4, 0.5) is 5.69 Å². The Bertz CT molecular complexity index is 629. The van der Waals surface area contributed by atoms with E-state index in [2.05, 4.69) is 5.32 Å². The quantitative estimate of drug-likeness (QED) is 0.503. The molecule has 7 nitrogen and oxygen atoms in total. The molecule has 1 saturated carbocycles. The average Bonchev–Trinajstić information content (AvgIpc) is 2.72. The van der Waals surface area contributed by atoms with E-state index >= 15 is 0 Å². The van der Waals surface area contributed by atoms with Crippen LogP contribution >= 0.6 is 0 Å². The second kappa shape index (κ2) is 7.21. The third-order valence-electron chi connectivity index (χ3n) is 4.40. The van der Waals surface area contributed by atoms with Gasteiger partial charge in [-0.25, -0.2) is 0 Å². The van der Waals surface area contributed by atoms with E-state index in [0.717, 1.165) is 19.3 Å². The second-order valence-corrected chi connectivity index (χ2v) is 5.87. The molecule has 1 aromatic carbocycles. The molecule has 1 aliphatic carbocycles. The van der Waals surface area contributed by atoms with Crippen LogP contribution in [0.2, 0.25) is 0 Å². The number of carbonyl (C=O) groups excluding carboxylic acids is 1. The second-order valence-electron chi connectivity index (χ2n) is 5.87. The van der Waals surface area contributed by atoms with Crippen molar-refractivity contribution >= 4 is 17.6 Å². The van der Waals surface area contributed by atoms with Crippen LogP contribution < -0.4 is 5.32 Å². The summed E-state index contributed by atoms with van der Waals surface area (Å²) in [6, 6.07) is 3.88. The maximum Gasteiger partial charge on any atom is 0.308 e. The van der Waals surface area contributed by atoms with Gasteiger partial charge in [-0.3, -0.25) is 19.7 Å². The molecule has 7 heteroatoms. The molecular formula is C16H20N2O5. The first-order chi connectivity index (χ1) is 10.9. The zero-order valence-corrected chi connectivity index (χ0v) is 12.9. The fraction of sp³-hybridized carbons (Fsp3) is 0.500. The first-order valence-corrected chi connectivity index (χ1v) is 7.69. The van der Waals surface area contributed by atoms with Gasteiger partial charge in [0.2, 0.25) is 0 Å². The highest BCUT2D eigenvalue weighted by Crippen LogP contribution is 2.25. The van der Waals surface area contributed by atoms with Gasteiger partial charge in [-0.2, -0.15) is 0 Å². The SMILES string of the molecule is Cc1c(C(=O)NC2CCCCCC2C(=O)O)cccc1[N+](=O)[O-]. The minimum atomic E-state index is -0.909. The van der Waals surface area contributed by atoms with Gasteiger partial charge in [0.05, 0.1) is 10.8 Å². The average molecular weight is 320 g/mol. The Kier molecular flexibility index (Phi) is 5.31. The van der Waals surface area contributed by atoms with Crippen LogP contribution in [0.15, 0.2) is 18.2 Å². The summed E-state index contributed by atoms with van der Waals surface area (Å²) in [6.45, 7) is 1.52. The highest BCUT2D eigenvalue weighted by molar-refractivity contribution is 5.97. The molecule has 1 amide bonds. The largest absolute Gasteiger partial charge is 0.481 e. The van der Waals surface area contributed by atoms with Crippen LogP contribution in [0.3, 0.4) is 0 Å². The zero-order chi connectivity index (χ0) is 17.0. The number of hydrogen-bond acceptors (Lipinski definition) is 4. The molecule has 1 aromatic rings. The molecule has 2 N–H and O–H groups in total. The third-order valence-corrected chi connectivity index (χ3v) is 4.40. The number of nitro benzene ring substituents is 1. The van der Waals surface area contributed by atoms with E-state index in [9.17, 15) is 24.8 Å². The van der Waals surface area contributed by atoms with Gasteiger partial charge in [-0.05, 0) is 25.8 Å². The van der Waals surface area contributed by atoms with Crippen molar-refractivity contribution in [1.82, 2.24) is 5.32 Å². The Morgan fingerprint density at radius 3 is 2.61 bits per heavy atom. The van der Waals surface area contributed by atoms with Gasteiger partial charge in [0.15, 0.2) is 0 Å². The molecular weight excluding hydrogens is 300 g/mol. The lowest BCUT2D eigenvalue weighted by atomic mass is 9.94. The van der Waals surface area contributed by atoms with E-state index in [4.69, 9.17) is 0 Å². The van der Waals surface area contributed by atoms with E-state index in [1.165, 1.54) is 25.1 Å². The maximum atomic E-state index is 12.5. The summed E-state index contributed by atoms with van der Waals surface area (Å²) in [6.07, 6.45) is 3.79. The van der Waals surface area contributed by atoms with E-state index in [1.54, 1.807) is 0 Å². The van der Waals surface area contributed by atoms with Gasteiger partial charge < -0.3 is 10.4 Å². The van der Waals surface area contributed by atoms with Crippen LogP contribution in [-0.2, 0) is 4.79 Å². The van der Waals surface area contributed by atoms with Crippen molar-refractivity contribution in [3.8, 4) is 0 Å². The molecule has 23 heavy (non-hydrogen) atoms.